The SMILES string of the molecule is CCCCCCCCN(c1ccccc1)c1ccc(CCc2ccccc2)cc1. The fourth-order valence-electron chi connectivity index (χ4n) is 3.84. The molecule has 1 heteroatoms. The summed E-state index contributed by atoms with van der Waals surface area (Å²) in [5.74, 6) is 0. The molecular formula is C28H35N. The Morgan fingerprint density at radius 2 is 1.03 bits per heavy atom. The van der Waals surface area contributed by atoms with Crippen LogP contribution in [-0.4, -0.2) is 6.54 Å². The second-order valence-electron chi connectivity index (χ2n) is 7.91. The van der Waals surface area contributed by atoms with Crippen LogP contribution in [0.5, 0.6) is 0 Å². The molecule has 0 aliphatic heterocycles. The van der Waals surface area contributed by atoms with Crippen LogP contribution in [0.1, 0.15) is 56.6 Å². The average Bonchev–Trinajstić information content (AvgIpc) is 2.79. The molecule has 0 heterocycles. The number of unbranched alkanes of at least 4 members (excludes halogenated alkanes) is 5. The zero-order chi connectivity index (χ0) is 20.2. The normalized spacial score (nSPS) is 10.8. The van der Waals surface area contributed by atoms with Crippen LogP contribution in [0.3, 0.4) is 0 Å². The summed E-state index contributed by atoms with van der Waals surface area (Å²) in [4.78, 5) is 2.47. The predicted octanol–water partition coefficient (Wildman–Crippen LogP) is 7.97. The van der Waals surface area contributed by atoms with E-state index in [0.717, 1.165) is 19.4 Å². The highest BCUT2D eigenvalue weighted by molar-refractivity contribution is 5.63. The molecule has 0 amide bonds. The van der Waals surface area contributed by atoms with Gasteiger partial charge in [0.1, 0.15) is 0 Å². The molecule has 0 bridgehead atoms. The molecule has 0 atom stereocenters. The molecule has 0 unspecified atom stereocenters. The largest absolute Gasteiger partial charge is 0.341 e. The summed E-state index contributed by atoms with van der Waals surface area (Å²) in [6.07, 6.45) is 10.2. The number of anilines is 2. The smallest absolute Gasteiger partial charge is 0.0410 e. The third-order valence-electron chi connectivity index (χ3n) is 5.60. The van der Waals surface area contributed by atoms with Gasteiger partial charge in [-0.3, -0.25) is 0 Å². The molecule has 0 saturated carbocycles. The molecule has 0 fully saturated rings. The molecule has 0 aromatic heterocycles. The molecular weight excluding hydrogens is 350 g/mol. The molecule has 29 heavy (non-hydrogen) atoms. The first-order chi connectivity index (χ1) is 14.4. The van der Waals surface area contributed by atoms with E-state index in [4.69, 9.17) is 0 Å². The van der Waals surface area contributed by atoms with Gasteiger partial charge in [0.2, 0.25) is 0 Å². The summed E-state index contributed by atoms with van der Waals surface area (Å²) in [6, 6.07) is 30.8. The van der Waals surface area contributed by atoms with Gasteiger partial charge in [-0.05, 0) is 54.7 Å². The third-order valence-corrected chi connectivity index (χ3v) is 5.60. The van der Waals surface area contributed by atoms with Gasteiger partial charge in [-0.15, -0.1) is 0 Å². The maximum atomic E-state index is 2.47. The molecule has 3 aromatic carbocycles. The van der Waals surface area contributed by atoms with Crippen LogP contribution in [0.4, 0.5) is 11.4 Å². The van der Waals surface area contributed by atoms with Gasteiger partial charge in [-0.25, -0.2) is 0 Å². The second-order valence-corrected chi connectivity index (χ2v) is 7.91. The molecule has 0 N–H and O–H groups in total. The lowest BCUT2D eigenvalue weighted by molar-refractivity contribution is 0.609. The Bertz CT molecular complexity index is 793. The second kappa shape index (κ2) is 12.1. The van der Waals surface area contributed by atoms with Crippen molar-refractivity contribution in [3.8, 4) is 0 Å². The Balaban J connectivity index is 1.60. The molecule has 152 valence electrons. The van der Waals surface area contributed by atoms with Crippen molar-refractivity contribution in [1.29, 1.82) is 0 Å². The fraction of sp³-hybridized carbons (Fsp3) is 0.357. The Morgan fingerprint density at radius 3 is 1.69 bits per heavy atom. The summed E-state index contributed by atoms with van der Waals surface area (Å²) in [5.41, 5.74) is 5.40. The number of benzene rings is 3. The molecule has 0 radical (unpaired) electrons. The van der Waals surface area contributed by atoms with Crippen molar-refractivity contribution in [2.45, 2.75) is 58.3 Å². The van der Waals surface area contributed by atoms with Gasteiger partial charge in [0.15, 0.2) is 0 Å². The number of aryl methyl sites for hydroxylation is 2. The number of para-hydroxylation sites is 1. The fourth-order valence-corrected chi connectivity index (χ4v) is 3.84. The molecule has 0 spiro atoms. The Labute approximate surface area is 177 Å². The van der Waals surface area contributed by atoms with Crippen molar-refractivity contribution in [2.24, 2.45) is 0 Å². The third kappa shape index (κ3) is 7.09. The number of rotatable bonds is 12. The molecule has 1 nitrogen and oxygen atoms in total. The van der Waals surface area contributed by atoms with E-state index in [1.165, 1.54) is 61.0 Å². The van der Waals surface area contributed by atoms with Crippen molar-refractivity contribution in [3.63, 3.8) is 0 Å². The van der Waals surface area contributed by atoms with Crippen molar-refractivity contribution in [1.82, 2.24) is 0 Å². The molecule has 3 aromatic rings. The minimum Gasteiger partial charge on any atom is -0.341 e. The van der Waals surface area contributed by atoms with E-state index in [1.54, 1.807) is 0 Å². The Kier molecular flexibility index (Phi) is 8.85. The van der Waals surface area contributed by atoms with Gasteiger partial charge in [-0.2, -0.15) is 0 Å². The van der Waals surface area contributed by atoms with Crippen LogP contribution < -0.4 is 4.90 Å². The number of hydrogen-bond donors (Lipinski definition) is 0. The van der Waals surface area contributed by atoms with Crippen LogP contribution >= 0.6 is 0 Å². The zero-order valence-electron chi connectivity index (χ0n) is 17.9. The van der Waals surface area contributed by atoms with Gasteiger partial charge in [0, 0.05) is 17.9 Å². The topological polar surface area (TPSA) is 3.24 Å². The summed E-state index contributed by atoms with van der Waals surface area (Å²) >= 11 is 0. The van der Waals surface area contributed by atoms with E-state index in [-0.39, 0.29) is 0 Å². The van der Waals surface area contributed by atoms with Crippen molar-refractivity contribution < 1.29 is 0 Å². The standard InChI is InChI=1S/C28H35N/c1-2-3-4-5-6-13-24-29(27-16-11-8-12-17-27)28-22-20-26(21-23-28)19-18-25-14-9-7-10-15-25/h7-12,14-17,20-23H,2-6,13,18-19,24H2,1H3. The molecule has 0 saturated heterocycles. The maximum Gasteiger partial charge on any atom is 0.0410 e. The summed E-state index contributed by atoms with van der Waals surface area (Å²) in [6.45, 7) is 3.36. The van der Waals surface area contributed by atoms with E-state index < -0.39 is 0 Å². The summed E-state index contributed by atoms with van der Waals surface area (Å²) in [5, 5.41) is 0. The lowest BCUT2D eigenvalue weighted by Crippen LogP contribution is -2.18. The van der Waals surface area contributed by atoms with E-state index in [0.29, 0.717) is 0 Å². The van der Waals surface area contributed by atoms with Gasteiger partial charge in [-0.1, -0.05) is 99.7 Å². The highest BCUT2D eigenvalue weighted by Crippen LogP contribution is 2.26. The summed E-state index contributed by atoms with van der Waals surface area (Å²) in [7, 11) is 0. The minimum atomic E-state index is 1.08. The lowest BCUT2D eigenvalue weighted by atomic mass is 10.0. The van der Waals surface area contributed by atoms with Gasteiger partial charge < -0.3 is 4.90 Å². The predicted molar refractivity (Wildman–Crippen MR) is 127 cm³/mol. The molecule has 3 rings (SSSR count). The van der Waals surface area contributed by atoms with Crippen LogP contribution in [0.15, 0.2) is 84.9 Å². The quantitative estimate of drug-likeness (QED) is 0.286. The number of hydrogen-bond acceptors (Lipinski definition) is 1. The van der Waals surface area contributed by atoms with Crippen LogP contribution in [0.2, 0.25) is 0 Å². The van der Waals surface area contributed by atoms with E-state index in [1.807, 2.05) is 0 Å². The highest BCUT2D eigenvalue weighted by atomic mass is 15.1. The van der Waals surface area contributed by atoms with Crippen LogP contribution in [0, 0.1) is 0 Å². The van der Waals surface area contributed by atoms with Crippen LogP contribution in [-0.2, 0) is 12.8 Å². The Morgan fingerprint density at radius 1 is 0.517 bits per heavy atom. The highest BCUT2D eigenvalue weighted by Gasteiger charge is 2.09. The summed E-state index contributed by atoms with van der Waals surface area (Å²) < 4.78 is 0. The maximum absolute atomic E-state index is 2.47. The van der Waals surface area contributed by atoms with Gasteiger partial charge in [0.05, 0.1) is 0 Å². The van der Waals surface area contributed by atoms with E-state index in [2.05, 4.69) is 96.8 Å². The molecule has 0 aliphatic carbocycles. The Hall–Kier alpha value is -2.54. The van der Waals surface area contributed by atoms with Crippen molar-refractivity contribution in [2.75, 3.05) is 11.4 Å². The first kappa shape index (κ1) is 21.2. The molecule has 0 aliphatic rings. The van der Waals surface area contributed by atoms with Gasteiger partial charge >= 0.3 is 0 Å². The first-order valence-corrected chi connectivity index (χ1v) is 11.3. The minimum absolute atomic E-state index is 1.08. The number of nitrogens with zero attached hydrogens (tertiary/aromatic N) is 1. The van der Waals surface area contributed by atoms with E-state index in [9.17, 15) is 0 Å². The van der Waals surface area contributed by atoms with Crippen molar-refractivity contribution in [3.05, 3.63) is 96.1 Å². The van der Waals surface area contributed by atoms with E-state index >= 15 is 0 Å². The van der Waals surface area contributed by atoms with Gasteiger partial charge in [0.25, 0.3) is 0 Å². The van der Waals surface area contributed by atoms with Crippen LogP contribution in [0.25, 0.3) is 0 Å². The zero-order valence-corrected chi connectivity index (χ0v) is 17.9. The monoisotopic (exact) mass is 385 g/mol. The van der Waals surface area contributed by atoms with Crippen molar-refractivity contribution >= 4 is 11.4 Å². The first-order valence-electron chi connectivity index (χ1n) is 11.3. The average molecular weight is 386 g/mol. The lowest BCUT2D eigenvalue weighted by Gasteiger charge is -2.25.